The molecule has 1 fully saturated rings. The van der Waals surface area contributed by atoms with Crippen LogP contribution < -0.4 is 15.4 Å². The monoisotopic (exact) mass is 699 g/mol. The molecule has 1 aliphatic heterocycles. The van der Waals surface area contributed by atoms with Crippen LogP contribution in [0.1, 0.15) is 61.9 Å². The zero-order valence-corrected chi connectivity index (χ0v) is 30.0. The second-order valence-electron chi connectivity index (χ2n) is 14.4. The van der Waals surface area contributed by atoms with Gasteiger partial charge in [-0.1, -0.05) is 78.9 Å². The molecule has 4 N–H and O–H groups in total. The van der Waals surface area contributed by atoms with Gasteiger partial charge < -0.3 is 35.1 Å². The number of ether oxygens (including phenoxy) is 3. The summed E-state index contributed by atoms with van der Waals surface area (Å²) in [5.41, 5.74) is 3.06. The minimum atomic E-state index is -1.07. The van der Waals surface area contributed by atoms with Crippen molar-refractivity contribution in [2.75, 3.05) is 39.5 Å². The number of nitrogens with zero attached hydrogens (tertiary/aromatic N) is 1. The molecule has 0 saturated carbocycles. The molecule has 10 heteroatoms. The highest BCUT2D eigenvalue weighted by molar-refractivity contribution is 5.80. The van der Waals surface area contributed by atoms with Gasteiger partial charge in [0, 0.05) is 32.0 Å². The molecule has 0 aromatic heterocycles. The van der Waals surface area contributed by atoms with Crippen LogP contribution in [0.25, 0.3) is 6.08 Å². The Labute approximate surface area is 301 Å². The molecule has 10 nitrogen and oxygen atoms in total. The molecule has 5 rings (SSSR count). The molecule has 3 aromatic rings. The van der Waals surface area contributed by atoms with Crippen LogP contribution in [0.2, 0.25) is 0 Å². The van der Waals surface area contributed by atoms with Gasteiger partial charge in [0.05, 0.1) is 37.5 Å². The van der Waals surface area contributed by atoms with E-state index in [0.29, 0.717) is 25.9 Å². The lowest BCUT2D eigenvalue weighted by molar-refractivity contribution is -0.127. The third-order valence-corrected chi connectivity index (χ3v) is 9.25. The fraction of sp³-hybridized carbons (Fsp3) is 0.463. The highest BCUT2D eigenvalue weighted by Crippen LogP contribution is 2.32. The molecular weight excluding hydrogens is 646 g/mol. The number of benzene rings is 3. The summed E-state index contributed by atoms with van der Waals surface area (Å²) in [6.07, 6.45) is 2.63. The Balaban J connectivity index is 1.27. The fourth-order valence-corrected chi connectivity index (χ4v) is 6.56. The SMILES string of the molecule is CC(C)(C)OC(=O)NC(Cc1ccccc1)C(O)CC(CC=Cc1ccc(OCCN2CCOCC2)cc1)C(=O)N[C@H]1c2ccccc2C[C@@H]1O. The third-order valence-electron chi connectivity index (χ3n) is 9.25. The topological polar surface area (TPSA) is 130 Å². The summed E-state index contributed by atoms with van der Waals surface area (Å²) in [6, 6.07) is 23.8. The van der Waals surface area contributed by atoms with Crippen LogP contribution in [0.15, 0.2) is 84.9 Å². The number of morpholine rings is 1. The summed E-state index contributed by atoms with van der Waals surface area (Å²) >= 11 is 0. The van der Waals surface area contributed by atoms with Gasteiger partial charge in [-0.2, -0.15) is 0 Å². The van der Waals surface area contributed by atoms with Gasteiger partial charge >= 0.3 is 6.09 Å². The standard InChI is InChI=1S/C41H53N3O7/c1-41(2,3)51-40(48)42-35(26-30-10-5-4-6-11-30)36(45)28-32(39(47)43-38-34-15-8-7-13-31(34)27-37(38)46)14-9-12-29-16-18-33(19-17-29)50-25-22-44-20-23-49-24-21-44/h4-13,15-19,32,35-38,45-46H,14,20-28H2,1-3H3,(H,42,48)(H,43,47)/t32?,35?,36?,37-,38-/m0/s1. The number of aliphatic hydroxyl groups is 2. The summed E-state index contributed by atoms with van der Waals surface area (Å²) in [6.45, 7) is 10.2. The molecule has 1 heterocycles. The van der Waals surface area contributed by atoms with Crippen LogP contribution in [0, 0.1) is 5.92 Å². The highest BCUT2D eigenvalue weighted by Gasteiger charge is 2.35. The Morgan fingerprint density at radius 3 is 2.43 bits per heavy atom. The van der Waals surface area contributed by atoms with Crippen LogP contribution >= 0.6 is 0 Å². The number of amides is 2. The Kier molecular flexibility index (Phi) is 13.7. The van der Waals surface area contributed by atoms with E-state index >= 15 is 0 Å². The molecule has 5 atom stereocenters. The normalized spacial score (nSPS) is 19.5. The molecule has 2 amide bonds. The number of allylic oxidation sites excluding steroid dienone is 1. The maximum atomic E-state index is 14.0. The van der Waals surface area contributed by atoms with Gasteiger partial charge in [-0.3, -0.25) is 9.69 Å². The molecule has 2 aliphatic rings. The van der Waals surface area contributed by atoms with Crippen molar-refractivity contribution in [3.63, 3.8) is 0 Å². The summed E-state index contributed by atoms with van der Waals surface area (Å²) in [4.78, 5) is 29.2. The highest BCUT2D eigenvalue weighted by atomic mass is 16.6. The molecule has 51 heavy (non-hydrogen) atoms. The molecular formula is C41H53N3O7. The second kappa shape index (κ2) is 18.3. The first-order valence-corrected chi connectivity index (χ1v) is 18.0. The lowest BCUT2D eigenvalue weighted by Gasteiger charge is -2.29. The Bertz CT molecular complexity index is 1570. The van der Waals surface area contributed by atoms with Gasteiger partial charge in [0.2, 0.25) is 5.91 Å². The van der Waals surface area contributed by atoms with Crippen LogP contribution in [0.3, 0.4) is 0 Å². The summed E-state index contributed by atoms with van der Waals surface area (Å²) in [5, 5.41) is 28.5. The molecule has 0 radical (unpaired) electrons. The summed E-state index contributed by atoms with van der Waals surface area (Å²) in [5.74, 6) is -0.143. The predicted molar refractivity (Wildman–Crippen MR) is 197 cm³/mol. The molecule has 1 aliphatic carbocycles. The van der Waals surface area contributed by atoms with Crippen molar-refractivity contribution in [1.82, 2.24) is 15.5 Å². The van der Waals surface area contributed by atoms with Crippen molar-refractivity contribution in [1.29, 1.82) is 0 Å². The van der Waals surface area contributed by atoms with Gasteiger partial charge in [-0.05, 0) is 74.4 Å². The van der Waals surface area contributed by atoms with Crippen molar-refractivity contribution in [2.24, 2.45) is 5.92 Å². The van der Waals surface area contributed by atoms with E-state index in [1.54, 1.807) is 20.8 Å². The number of carbonyl (C=O) groups is 2. The molecule has 1 saturated heterocycles. The maximum absolute atomic E-state index is 14.0. The average Bonchev–Trinajstić information content (AvgIpc) is 3.42. The zero-order valence-electron chi connectivity index (χ0n) is 30.0. The summed E-state index contributed by atoms with van der Waals surface area (Å²) in [7, 11) is 0. The predicted octanol–water partition coefficient (Wildman–Crippen LogP) is 5.08. The van der Waals surface area contributed by atoms with Crippen molar-refractivity contribution >= 4 is 18.1 Å². The van der Waals surface area contributed by atoms with Gasteiger partial charge in [-0.25, -0.2) is 4.79 Å². The number of aliphatic hydroxyl groups excluding tert-OH is 2. The molecule has 0 spiro atoms. The van der Waals surface area contributed by atoms with Gasteiger partial charge in [-0.15, -0.1) is 0 Å². The number of fused-ring (bicyclic) bond motifs is 1. The van der Waals surface area contributed by atoms with Gasteiger partial charge in [0.25, 0.3) is 0 Å². The smallest absolute Gasteiger partial charge is 0.407 e. The largest absolute Gasteiger partial charge is 0.492 e. The summed E-state index contributed by atoms with van der Waals surface area (Å²) < 4.78 is 16.9. The van der Waals surface area contributed by atoms with Crippen LogP contribution in [0.5, 0.6) is 5.75 Å². The van der Waals surface area contributed by atoms with Crippen LogP contribution in [-0.2, 0) is 27.1 Å². The molecule has 3 aromatic carbocycles. The Morgan fingerprint density at radius 1 is 1.00 bits per heavy atom. The van der Waals surface area contributed by atoms with Crippen LogP contribution in [-0.4, -0.2) is 90.4 Å². The van der Waals surface area contributed by atoms with E-state index in [0.717, 1.165) is 60.9 Å². The fourth-order valence-electron chi connectivity index (χ4n) is 6.56. The van der Waals surface area contributed by atoms with Crippen molar-refractivity contribution in [3.05, 3.63) is 107 Å². The second-order valence-corrected chi connectivity index (χ2v) is 14.4. The molecule has 3 unspecified atom stereocenters. The first-order valence-electron chi connectivity index (χ1n) is 18.0. The van der Waals surface area contributed by atoms with E-state index in [2.05, 4.69) is 15.5 Å². The number of carbonyl (C=O) groups excluding carboxylic acids is 2. The van der Waals surface area contributed by atoms with Crippen molar-refractivity contribution in [3.8, 4) is 5.75 Å². The van der Waals surface area contributed by atoms with Gasteiger partial charge in [0.1, 0.15) is 18.0 Å². The third kappa shape index (κ3) is 11.9. The number of rotatable bonds is 15. The number of nitrogens with one attached hydrogen (secondary N) is 2. The number of hydrogen-bond donors (Lipinski definition) is 4. The van der Waals surface area contributed by atoms with E-state index in [4.69, 9.17) is 14.2 Å². The lowest BCUT2D eigenvalue weighted by Crippen LogP contribution is -2.48. The first-order chi connectivity index (χ1) is 24.5. The van der Waals surface area contributed by atoms with E-state index < -0.39 is 41.9 Å². The average molecular weight is 700 g/mol. The van der Waals surface area contributed by atoms with Gasteiger partial charge in [0.15, 0.2) is 0 Å². The van der Waals surface area contributed by atoms with Crippen molar-refractivity contribution < 1.29 is 34.0 Å². The number of alkyl carbamates (subject to hydrolysis) is 1. The number of hydrogen-bond acceptors (Lipinski definition) is 8. The lowest BCUT2D eigenvalue weighted by atomic mass is 9.90. The Hall–Kier alpha value is -4.22. The van der Waals surface area contributed by atoms with E-state index in [-0.39, 0.29) is 12.3 Å². The minimum Gasteiger partial charge on any atom is -0.492 e. The minimum absolute atomic E-state index is 0.0733. The van der Waals surface area contributed by atoms with E-state index in [9.17, 15) is 19.8 Å². The zero-order chi connectivity index (χ0) is 36.2. The molecule has 0 bridgehead atoms. The van der Waals surface area contributed by atoms with Crippen molar-refractivity contribution in [2.45, 2.75) is 76.3 Å². The van der Waals surface area contributed by atoms with Crippen LogP contribution in [0.4, 0.5) is 4.79 Å². The van der Waals surface area contributed by atoms with E-state index in [1.165, 1.54) is 0 Å². The first kappa shape index (κ1) is 38.0. The quantitative estimate of drug-likeness (QED) is 0.173. The molecule has 274 valence electrons. The van der Waals surface area contributed by atoms with E-state index in [1.807, 2.05) is 91.0 Å². The Morgan fingerprint density at radius 2 is 1.71 bits per heavy atom. The maximum Gasteiger partial charge on any atom is 0.407 e.